The predicted molar refractivity (Wildman–Crippen MR) is 182 cm³/mol. The maximum Gasteiger partial charge on any atom is 0.408 e. The molecule has 0 radical (unpaired) electrons. The molecule has 5 atom stereocenters. The zero-order valence-corrected chi connectivity index (χ0v) is 28.8. The van der Waals surface area contributed by atoms with Crippen LogP contribution in [0.4, 0.5) is 4.79 Å². The van der Waals surface area contributed by atoms with Gasteiger partial charge in [0.05, 0.1) is 17.6 Å². The Morgan fingerprint density at radius 1 is 1.11 bits per heavy atom. The Labute approximate surface area is 284 Å². The van der Waals surface area contributed by atoms with E-state index in [0.717, 1.165) is 16.2 Å². The Kier molecular flexibility index (Phi) is 11.3. The van der Waals surface area contributed by atoms with Gasteiger partial charge in [-0.25, -0.2) is 4.79 Å². The summed E-state index contributed by atoms with van der Waals surface area (Å²) in [6.07, 6.45) is 0.336. The van der Waals surface area contributed by atoms with E-state index in [4.69, 9.17) is 33.7 Å². The molecule has 1 aromatic heterocycles. The number of aryl methyl sites for hydroxylation is 1. The molecule has 13 heteroatoms. The van der Waals surface area contributed by atoms with Crippen molar-refractivity contribution in [2.75, 3.05) is 7.11 Å². The molecule has 254 valence electrons. The Balaban J connectivity index is 1.79. The van der Waals surface area contributed by atoms with Crippen LogP contribution in [0, 0.1) is 11.8 Å². The number of ether oxygens (including phenoxy) is 1. The standard InChI is InChI=1S/C34H43Cl2N5O6/c1-6-18(3)27(30(37)42)39-32(44)34(12-11-26-24(16-34)23-14-21(35)15-25(36)28(23)38-26)40-31(43)29(19(4)7-2)41(33(45)46)17-20-9-8-10-22(13-20)47-5/h8-10,13-15,18-19,27,29,38H,6-7,11-12,16-17H2,1-5H3,(H2,37,42)(H,39,44)(H,40,43)(H,45,46)/t18?,19?,27-,29-,34+/m0/s1. The molecule has 0 spiro atoms. The second kappa shape index (κ2) is 14.9. The van der Waals surface area contributed by atoms with Crippen LogP contribution >= 0.6 is 23.2 Å². The average Bonchev–Trinajstić information content (AvgIpc) is 3.40. The van der Waals surface area contributed by atoms with Crippen LogP contribution in [-0.4, -0.2) is 63.5 Å². The van der Waals surface area contributed by atoms with Gasteiger partial charge in [0.25, 0.3) is 0 Å². The zero-order valence-electron chi connectivity index (χ0n) is 27.3. The number of nitrogens with one attached hydrogen (secondary N) is 3. The summed E-state index contributed by atoms with van der Waals surface area (Å²) >= 11 is 12.9. The predicted octanol–water partition coefficient (Wildman–Crippen LogP) is 5.44. The summed E-state index contributed by atoms with van der Waals surface area (Å²) in [6.45, 7) is 7.28. The molecule has 0 fully saturated rings. The molecule has 11 nitrogen and oxygen atoms in total. The van der Waals surface area contributed by atoms with Crippen molar-refractivity contribution in [3.8, 4) is 5.75 Å². The fourth-order valence-electron chi connectivity index (χ4n) is 6.33. The molecule has 0 aliphatic heterocycles. The Morgan fingerprint density at radius 2 is 1.81 bits per heavy atom. The van der Waals surface area contributed by atoms with E-state index in [1.807, 2.05) is 20.8 Å². The van der Waals surface area contributed by atoms with Crippen LogP contribution in [0.1, 0.15) is 63.8 Å². The number of amides is 4. The van der Waals surface area contributed by atoms with Gasteiger partial charge < -0.3 is 31.2 Å². The summed E-state index contributed by atoms with van der Waals surface area (Å²) in [6, 6.07) is 8.21. The number of H-pyrrole nitrogens is 1. The van der Waals surface area contributed by atoms with Crippen LogP contribution in [0.2, 0.25) is 10.0 Å². The highest BCUT2D eigenvalue weighted by Gasteiger charge is 2.47. The number of aromatic amines is 1. The lowest BCUT2D eigenvalue weighted by molar-refractivity contribution is -0.139. The molecule has 6 N–H and O–H groups in total. The van der Waals surface area contributed by atoms with E-state index >= 15 is 0 Å². The number of rotatable bonds is 13. The van der Waals surface area contributed by atoms with Gasteiger partial charge in [0, 0.05) is 29.1 Å². The fourth-order valence-corrected chi connectivity index (χ4v) is 6.87. The van der Waals surface area contributed by atoms with E-state index in [2.05, 4.69) is 15.6 Å². The third-order valence-electron chi connectivity index (χ3n) is 9.42. The minimum atomic E-state index is -1.55. The summed E-state index contributed by atoms with van der Waals surface area (Å²) < 4.78 is 5.31. The third-order valence-corrected chi connectivity index (χ3v) is 9.94. The van der Waals surface area contributed by atoms with Crippen LogP contribution in [0.3, 0.4) is 0 Å². The van der Waals surface area contributed by atoms with Crippen LogP contribution in [-0.2, 0) is 33.8 Å². The first-order valence-electron chi connectivity index (χ1n) is 15.8. The van der Waals surface area contributed by atoms with Gasteiger partial charge in [-0.05, 0) is 60.1 Å². The molecule has 1 aliphatic rings. The number of primary amides is 1. The molecule has 0 saturated heterocycles. The molecule has 4 amide bonds. The first kappa shape index (κ1) is 35.9. The highest BCUT2D eigenvalue weighted by molar-refractivity contribution is 6.38. The summed E-state index contributed by atoms with van der Waals surface area (Å²) in [7, 11) is 1.52. The topological polar surface area (TPSA) is 167 Å². The maximum absolute atomic E-state index is 14.5. The quantitative estimate of drug-likeness (QED) is 0.160. The van der Waals surface area contributed by atoms with Gasteiger partial charge in [0.1, 0.15) is 23.4 Å². The van der Waals surface area contributed by atoms with E-state index < -0.39 is 47.4 Å². The minimum Gasteiger partial charge on any atom is -0.497 e. The molecule has 1 heterocycles. The zero-order chi connectivity index (χ0) is 34.6. The van der Waals surface area contributed by atoms with Crippen molar-refractivity contribution in [3.05, 3.63) is 63.3 Å². The number of hydrogen-bond acceptors (Lipinski definition) is 5. The summed E-state index contributed by atoms with van der Waals surface area (Å²) in [5.41, 5.74) is 7.05. The lowest BCUT2D eigenvalue weighted by Gasteiger charge is -2.41. The second-order valence-electron chi connectivity index (χ2n) is 12.5. The normalized spacial score (nSPS) is 18.4. The first-order valence-corrected chi connectivity index (χ1v) is 16.5. The molecular formula is C34H43Cl2N5O6. The van der Waals surface area contributed by atoms with Gasteiger partial charge in [0.15, 0.2) is 0 Å². The van der Waals surface area contributed by atoms with Crippen molar-refractivity contribution in [3.63, 3.8) is 0 Å². The lowest BCUT2D eigenvalue weighted by atomic mass is 9.78. The van der Waals surface area contributed by atoms with Crippen LogP contribution in [0.15, 0.2) is 36.4 Å². The number of nitrogens with two attached hydrogens (primary N) is 1. The fraction of sp³-hybridized carbons (Fsp3) is 0.471. The van der Waals surface area contributed by atoms with Crippen molar-refractivity contribution >= 4 is 57.9 Å². The highest BCUT2D eigenvalue weighted by atomic mass is 35.5. The molecule has 1 aliphatic carbocycles. The molecule has 0 bridgehead atoms. The molecule has 2 aromatic carbocycles. The average molecular weight is 689 g/mol. The number of carboxylic acid groups (broad SMARTS) is 1. The van der Waals surface area contributed by atoms with Gasteiger partial charge in [-0.15, -0.1) is 0 Å². The number of carbonyl (C=O) groups excluding carboxylic acids is 3. The number of methoxy groups -OCH3 is 1. The number of nitrogens with zero attached hydrogens (tertiary/aromatic N) is 1. The summed E-state index contributed by atoms with van der Waals surface area (Å²) in [5.74, 6) is -2.04. The SMILES string of the molecule is CCC(C)[C@H](NC(=O)[C@@]1(NC(=O)[C@H](C(C)CC)N(Cc2cccc(OC)c2)C(=O)O)CCc2[nH]c3c(Cl)cc(Cl)cc3c2C1)C(N)=O. The number of halogens is 2. The van der Waals surface area contributed by atoms with Crippen LogP contribution in [0.25, 0.3) is 10.9 Å². The molecule has 3 aromatic rings. The Morgan fingerprint density at radius 3 is 2.43 bits per heavy atom. The molecule has 0 saturated carbocycles. The van der Waals surface area contributed by atoms with Crippen molar-refractivity contribution < 1.29 is 29.0 Å². The van der Waals surface area contributed by atoms with Crippen molar-refractivity contribution in [2.45, 2.75) is 84.0 Å². The molecule has 47 heavy (non-hydrogen) atoms. The lowest BCUT2D eigenvalue weighted by Crippen LogP contribution is -2.67. The van der Waals surface area contributed by atoms with E-state index in [0.29, 0.717) is 51.5 Å². The maximum atomic E-state index is 14.5. The number of hydrogen-bond donors (Lipinski definition) is 5. The molecular weight excluding hydrogens is 645 g/mol. The molecule has 4 rings (SSSR count). The Bertz CT molecular complexity index is 1660. The van der Waals surface area contributed by atoms with E-state index in [-0.39, 0.29) is 25.3 Å². The van der Waals surface area contributed by atoms with Gasteiger partial charge >= 0.3 is 6.09 Å². The number of fused-ring (bicyclic) bond motifs is 3. The van der Waals surface area contributed by atoms with E-state index in [1.165, 1.54) is 7.11 Å². The third kappa shape index (κ3) is 7.62. The van der Waals surface area contributed by atoms with E-state index in [1.54, 1.807) is 43.3 Å². The van der Waals surface area contributed by atoms with Gasteiger partial charge in [0.2, 0.25) is 17.7 Å². The van der Waals surface area contributed by atoms with Crippen LogP contribution in [0.5, 0.6) is 5.75 Å². The Hall–Kier alpha value is -3.96. The van der Waals surface area contributed by atoms with Gasteiger partial charge in [-0.3, -0.25) is 19.3 Å². The first-order chi connectivity index (χ1) is 22.2. The van der Waals surface area contributed by atoms with Crippen molar-refractivity contribution in [2.24, 2.45) is 17.6 Å². The number of aromatic nitrogens is 1. The van der Waals surface area contributed by atoms with Crippen molar-refractivity contribution in [1.29, 1.82) is 0 Å². The largest absolute Gasteiger partial charge is 0.497 e. The molecule has 2 unspecified atom stereocenters. The minimum absolute atomic E-state index is 0.0404. The highest BCUT2D eigenvalue weighted by Crippen LogP contribution is 2.38. The van der Waals surface area contributed by atoms with Crippen molar-refractivity contribution in [1.82, 2.24) is 20.5 Å². The number of carbonyl (C=O) groups is 4. The van der Waals surface area contributed by atoms with E-state index in [9.17, 15) is 24.3 Å². The monoisotopic (exact) mass is 687 g/mol. The smallest absolute Gasteiger partial charge is 0.408 e. The second-order valence-corrected chi connectivity index (χ2v) is 13.3. The van der Waals surface area contributed by atoms with Crippen LogP contribution < -0.4 is 21.1 Å². The summed E-state index contributed by atoms with van der Waals surface area (Å²) in [5, 5.41) is 17.8. The number of benzene rings is 2. The summed E-state index contributed by atoms with van der Waals surface area (Å²) in [4.78, 5) is 58.5. The van der Waals surface area contributed by atoms with Gasteiger partial charge in [-0.2, -0.15) is 0 Å². The van der Waals surface area contributed by atoms with Gasteiger partial charge in [-0.1, -0.05) is 75.9 Å².